The number of fused-ring (bicyclic) bond motifs is 5. The number of ketones is 1. The Hall–Kier alpha value is -0.860. The Morgan fingerprint density at radius 3 is 2.74 bits per heavy atom. The van der Waals surface area contributed by atoms with Crippen molar-refractivity contribution < 1.29 is 14.7 Å². The Kier molecular flexibility index (Phi) is 3.62. The van der Waals surface area contributed by atoms with Crippen LogP contribution in [0.5, 0.6) is 0 Å². The molecule has 0 aromatic rings. The Bertz CT molecular complexity index is 527. The summed E-state index contributed by atoms with van der Waals surface area (Å²) in [4.78, 5) is 23.4. The van der Waals surface area contributed by atoms with Gasteiger partial charge in [-0.15, -0.1) is 0 Å². The molecule has 0 aromatic carbocycles. The van der Waals surface area contributed by atoms with Crippen LogP contribution < -0.4 is 0 Å². The van der Waals surface area contributed by atoms with Crippen molar-refractivity contribution in [2.24, 2.45) is 34.5 Å². The Morgan fingerprint density at radius 1 is 1.13 bits per heavy atom. The molecule has 1 unspecified atom stereocenters. The van der Waals surface area contributed by atoms with Crippen LogP contribution in [0.3, 0.4) is 0 Å². The molecule has 4 aliphatic carbocycles. The minimum Gasteiger partial charge on any atom is -0.481 e. The maximum absolute atomic E-state index is 11.9. The molecule has 0 radical (unpaired) electrons. The van der Waals surface area contributed by atoms with Crippen molar-refractivity contribution in [1.29, 1.82) is 0 Å². The molecule has 0 amide bonds. The molecule has 6 atom stereocenters. The molecule has 4 saturated carbocycles. The van der Waals surface area contributed by atoms with Gasteiger partial charge in [0.2, 0.25) is 0 Å². The third-order valence-electron chi connectivity index (χ3n) is 8.51. The van der Waals surface area contributed by atoms with E-state index < -0.39 is 5.97 Å². The fourth-order valence-corrected chi connectivity index (χ4v) is 7.45. The minimum atomic E-state index is -0.599. The molecular formula is C20H30O3. The molecule has 0 aromatic heterocycles. The van der Waals surface area contributed by atoms with Crippen LogP contribution in [0.25, 0.3) is 0 Å². The lowest BCUT2D eigenvalue weighted by Gasteiger charge is -2.60. The van der Waals surface area contributed by atoms with Crippen LogP contribution in [0.4, 0.5) is 0 Å². The number of aliphatic carboxylic acids is 1. The first-order valence-corrected chi connectivity index (χ1v) is 9.68. The fourth-order valence-electron chi connectivity index (χ4n) is 7.45. The molecule has 0 aliphatic heterocycles. The SMILES string of the molecule is C[C@]12CCC(=O)CC1CC[C@H]1[C@@H]3CCC[C@@]3(CC(=O)O)CC[C@@H]12. The van der Waals surface area contributed by atoms with E-state index in [4.69, 9.17) is 0 Å². The summed E-state index contributed by atoms with van der Waals surface area (Å²) in [5, 5.41) is 9.43. The number of carboxylic acid groups (broad SMARTS) is 1. The lowest BCUT2D eigenvalue weighted by molar-refractivity contribution is -0.150. The second kappa shape index (κ2) is 5.32. The molecule has 0 spiro atoms. The predicted octanol–water partition coefficient (Wildman–Crippen LogP) is 4.44. The fraction of sp³-hybridized carbons (Fsp3) is 0.900. The summed E-state index contributed by atoms with van der Waals surface area (Å²) in [6, 6.07) is 0. The van der Waals surface area contributed by atoms with Crippen LogP contribution in [0.15, 0.2) is 0 Å². The molecule has 4 rings (SSSR count). The van der Waals surface area contributed by atoms with Gasteiger partial charge in [0.1, 0.15) is 5.78 Å². The van der Waals surface area contributed by atoms with Gasteiger partial charge in [-0.25, -0.2) is 0 Å². The van der Waals surface area contributed by atoms with E-state index in [1.807, 2.05) is 0 Å². The highest BCUT2D eigenvalue weighted by Crippen LogP contribution is 2.66. The van der Waals surface area contributed by atoms with Crippen molar-refractivity contribution in [3.05, 3.63) is 0 Å². The number of hydrogen-bond acceptors (Lipinski definition) is 2. The minimum absolute atomic E-state index is 0.0979. The first-order valence-electron chi connectivity index (χ1n) is 9.68. The number of carboxylic acids is 1. The standard InChI is InChI=1S/C20H30O3/c1-19-9-6-14(21)11-13(19)4-5-15-16(19)7-10-20(12-18(22)23)8-2-3-17(15)20/h13,15-17H,2-12H2,1H3,(H,22,23)/t13?,15-,16+,17+,19+,20+/m1/s1. The largest absolute Gasteiger partial charge is 0.481 e. The summed E-state index contributed by atoms with van der Waals surface area (Å²) in [6.45, 7) is 2.46. The quantitative estimate of drug-likeness (QED) is 0.818. The molecule has 4 fully saturated rings. The van der Waals surface area contributed by atoms with Crippen molar-refractivity contribution in [3.8, 4) is 0 Å². The second-order valence-corrected chi connectivity index (χ2v) is 9.26. The summed E-state index contributed by atoms with van der Waals surface area (Å²) >= 11 is 0. The van der Waals surface area contributed by atoms with Crippen LogP contribution in [0.1, 0.15) is 77.6 Å². The summed E-state index contributed by atoms with van der Waals surface area (Å²) in [5.41, 5.74) is 0.440. The average Bonchev–Trinajstić information content (AvgIpc) is 2.90. The van der Waals surface area contributed by atoms with Gasteiger partial charge in [0.05, 0.1) is 6.42 Å². The zero-order valence-electron chi connectivity index (χ0n) is 14.4. The van der Waals surface area contributed by atoms with Crippen LogP contribution in [0, 0.1) is 34.5 Å². The molecule has 4 aliphatic rings. The number of carbonyl (C=O) groups excluding carboxylic acids is 1. The molecule has 0 saturated heterocycles. The number of hydrogen-bond donors (Lipinski definition) is 1. The van der Waals surface area contributed by atoms with Gasteiger partial charge in [0.25, 0.3) is 0 Å². The summed E-state index contributed by atoms with van der Waals surface area (Å²) in [6.07, 6.45) is 11.4. The zero-order valence-corrected chi connectivity index (χ0v) is 14.4. The molecule has 23 heavy (non-hydrogen) atoms. The smallest absolute Gasteiger partial charge is 0.303 e. The van der Waals surface area contributed by atoms with Gasteiger partial charge in [-0.3, -0.25) is 9.59 Å². The van der Waals surface area contributed by atoms with E-state index in [0.29, 0.717) is 29.5 Å². The Labute approximate surface area is 139 Å². The maximum Gasteiger partial charge on any atom is 0.303 e. The summed E-state index contributed by atoms with van der Waals surface area (Å²) in [7, 11) is 0. The van der Waals surface area contributed by atoms with Crippen LogP contribution in [-0.4, -0.2) is 16.9 Å². The van der Waals surface area contributed by atoms with E-state index in [0.717, 1.165) is 43.9 Å². The summed E-state index contributed by atoms with van der Waals surface area (Å²) in [5.74, 6) is 2.56. The highest BCUT2D eigenvalue weighted by atomic mass is 16.4. The lowest BCUT2D eigenvalue weighted by atomic mass is 9.45. The van der Waals surface area contributed by atoms with E-state index >= 15 is 0 Å². The van der Waals surface area contributed by atoms with Gasteiger partial charge in [0.15, 0.2) is 0 Å². The van der Waals surface area contributed by atoms with Gasteiger partial charge in [-0.2, -0.15) is 0 Å². The number of Topliss-reactive ketones (excluding diaryl/α,β-unsaturated/α-hetero) is 1. The third-order valence-corrected chi connectivity index (χ3v) is 8.51. The Morgan fingerprint density at radius 2 is 1.96 bits per heavy atom. The number of rotatable bonds is 2. The van der Waals surface area contributed by atoms with Crippen molar-refractivity contribution in [1.82, 2.24) is 0 Å². The van der Waals surface area contributed by atoms with Crippen molar-refractivity contribution >= 4 is 11.8 Å². The highest BCUT2D eigenvalue weighted by molar-refractivity contribution is 5.79. The van der Waals surface area contributed by atoms with Crippen molar-refractivity contribution in [3.63, 3.8) is 0 Å². The summed E-state index contributed by atoms with van der Waals surface area (Å²) < 4.78 is 0. The predicted molar refractivity (Wildman–Crippen MR) is 87.9 cm³/mol. The normalized spacial score (nSPS) is 49.2. The van der Waals surface area contributed by atoms with Gasteiger partial charge < -0.3 is 5.11 Å². The van der Waals surface area contributed by atoms with Gasteiger partial charge in [0, 0.05) is 12.8 Å². The van der Waals surface area contributed by atoms with E-state index in [1.54, 1.807) is 0 Å². The highest BCUT2D eigenvalue weighted by Gasteiger charge is 2.59. The molecule has 3 nitrogen and oxygen atoms in total. The van der Waals surface area contributed by atoms with E-state index in [-0.39, 0.29) is 5.41 Å². The topological polar surface area (TPSA) is 54.4 Å². The maximum atomic E-state index is 11.9. The first kappa shape index (κ1) is 15.7. The molecule has 0 bridgehead atoms. The van der Waals surface area contributed by atoms with Crippen LogP contribution in [-0.2, 0) is 9.59 Å². The second-order valence-electron chi connectivity index (χ2n) is 9.26. The van der Waals surface area contributed by atoms with Gasteiger partial charge in [-0.1, -0.05) is 13.3 Å². The molecule has 0 heterocycles. The number of carbonyl (C=O) groups is 2. The van der Waals surface area contributed by atoms with E-state index in [2.05, 4.69) is 6.92 Å². The van der Waals surface area contributed by atoms with Crippen LogP contribution >= 0.6 is 0 Å². The third kappa shape index (κ3) is 2.29. The first-order chi connectivity index (χ1) is 10.9. The van der Waals surface area contributed by atoms with Crippen molar-refractivity contribution in [2.45, 2.75) is 77.6 Å². The van der Waals surface area contributed by atoms with E-state index in [9.17, 15) is 14.7 Å². The van der Waals surface area contributed by atoms with Crippen molar-refractivity contribution in [2.75, 3.05) is 0 Å². The average molecular weight is 318 g/mol. The monoisotopic (exact) mass is 318 g/mol. The van der Waals surface area contributed by atoms with E-state index in [1.165, 1.54) is 32.1 Å². The zero-order chi connectivity index (χ0) is 16.2. The van der Waals surface area contributed by atoms with Crippen LogP contribution in [0.2, 0.25) is 0 Å². The molecule has 128 valence electrons. The molecule has 3 heteroatoms. The molecule has 1 N–H and O–H groups in total. The van der Waals surface area contributed by atoms with Gasteiger partial charge in [-0.05, 0) is 79.4 Å². The van der Waals surface area contributed by atoms with Gasteiger partial charge >= 0.3 is 5.97 Å². The lowest BCUT2D eigenvalue weighted by Crippen LogP contribution is -2.53. The molecular weight excluding hydrogens is 288 g/mol. The Balaban J connectivity index is 1.61.